The van der Waals surface area contributed by atoms with Gasteiger partial charge >= 0.3 is 0 Å². The largest absolute Gasteiger partial charge is 0.385 e. The third-order valence-corrected chi connectivity index (χ3v) is 17.7. The van der Waals surface area contributed by atoms with Crippen molar-refractivity contribution in [2.45, 2.75) is 31.5 Å². The number of hydrogen-bond donors (Lipinski definition) is 6. The van der Waals surface area contributed by atoms with Gasteiger partial charge in [-0.05, 0) is 42.9 Å². The molecular weight excluding hydrogens is 1130 g/mol. The molecule has 0 spiro atoms. The summed E-state index contributed by atoms with van der Waals surface area (Å²) in [7, 11) is 5.86. The summed E-state index contributed by atoms with van der Waals surface area (Å²) in [6.07, 6.45) is 8.18. The number of rotatable bonds is 11. The Morgan fingerprint density at radius 2 is 0.894 bits per heavy atom. The van der Waals surface area contributed by atoms with E-state index < -0.39 is 12.2 Å². The highest BCUT2D eigenvalue weighted by molar-refractivity contribution is 7.22. The summed E-state index contributed by atoms with van der Waals surface area (Å²) in [4.78, 5) is 56.1. The molecule has 1 fully saturated rings. The van der Waals surface area contributed by atoms with Crippen LogP contribution in [0.3, 0.4) is 0 Å². The zero-order chi connectivity index (χ0) is 58.3. The first-order valence-electron chi connectivity index (χ1n) is 27.3. The highest BCUT2D eigenvalue weighted by Crippen LogP contribution is 2.45. The van der Waals surface area contributed by atoms with E-state index in [1.807, 2.05) is 139 Å². The van der Waals surface area contributed by atoms with Crippen LogP contribution in [0.5, 0.6) is 0 Å². The van der Waals surface area contributed by atoms with Gasteiger partial charge < -0.3 is 46.4 Å². The van der Waals surface area contributed by atoms with Gasteiger partial charge in [0.25, 0.3) is 0 Å². The van der Waals surface area contributed by atoms with E-state index >= 15 is 0 Å². The van der Waals surface area contributed by atoms with Crippen LogP contribution in [-0.2, 0) is 21.1 Å². The average molecular weight is 1180 g/mol. The molecule has 0 bridgehead atoms. The number of hydrogen-bond acceptors (Lipinski definition) is 21. The van der Waals surface area contributed by atoms with Crippen LogP contribution in [-0.4, -0.2) is 96.8 Å². The minimum atomic E-state index is -0.869. The van der Waals surface area contributed by atoms with Crippen molar-refractivity contribution in [1.82, 2.24) is 78.8 Å². The van der Waals surface area contributed by atoms with Crippen LogP contribution in [0.25, 0.3) is 102 Å². The van der Waals surface area contributed by atoms with Crippen LogP contribution in [0, 0.1) is 5.92 Å². The molecule has 1 aliphatic carbocycles. The predicted octanol–water partition coefficient (Wildman–Crippen LogP) is 10.1. The van der Waals surface area contributed by atoms with Gasteiger partial charge in [0.1, 0.15) is 112 Å². The maximum Gasteiger partial charge on any atom is 0.154 e. The molecular formula is C61H55N19O2S3. The average Bonchev–Trinajstić information content (AvgIpc) is 2.52. The van der Waals surface area contributed by atoms with Gasteiger partial charge in [-0.2, -0.15) is 0 Å². The topological polar surface area (TPSA) is 300 Å². The number of fused-ring (bicyclic) bond motifs is 3. The monoisotopic (exact) mass is 1180 g/mol. The van der Waals surface area contributed by atoms with E-state index in [0.29, 0.717) is 56.4 Å². The first-order chi connectivity index (χ1) is 41.5. The summed E-state index contributed by atoms with van der Waals surface area (Å²) < 4.78 is 5.98. The van der Waals surface area contributed by atoms with E-state index in [1.165, 1.54) is 58.6 Å². The Kier molecular flexibility index (Phi) is 14.9. The van der Waals surface area contributed by atoms with Crippen molar-refractivity contribution < 1.29 is 10.2 Å². The fourth-order valence-electron chi connectivity index (χ4n) is 10.3. The number of aliphatic hydroxyl groups is 2. The Morgan fingerprint density at radius 3 is 1.31 bits per heavy atom. The number of aliphatic hydroxyl groups excluding tert-OH is 2. The Morgan fingerprint density at radius 1 is 0.494 bits per heavy atom. The van der Waals surface area contributed by atoms with Crippen molar-refractivity contribution in [3.63, 3.8) is 0 Å². The maximum absolute atomic E-state index is 11.0. The van der Waals surface area contributed by atoms with Gasteiger partial charge in [0.05, 0.1) is 17.1 Å². The van der Waals surface area contributed by atoms with Crippen LogP contribution in [0.1, 0.15) is 54.5 Å². The lowest BCUT2D eigenvalue weighted by Crippen LogP contribution is -2.21. The number of nitrogens with zero attached hydrogens (tertiary/aromatic N) is 15. The van der Waals surface area contributed by atoms with Gasteiger partial charge in [-0.25, -0.2) is 59.8 Å². The molecule has 4 aromatic carbocycles. The third-order valence-electron chi connectivity index (χ3n) is 14.8. The summed E-state index contributed by atoms with van der Waals surface area (Å²) in [6.45, 7) is 1.83. The fraction of sp³-hybridized carbons (Fsp3) is 0.180. The second-order valence-corrected chi connectivity index (χ2v) is 23.2. The summed E-state index contributed by atoms with van der Waals surface area (Å²) in [5, 5.41) is 27.4. The molecule has 10 heterocycles. The van der Waals surface area contributed by atoms with Crippen LogP contribution in [0.15, 0.2) is 146 Å². The van der Waals surface area contributed by atoms with E-state index in [-0.39, 0.29) is 0 Å². The van der Waals surface area contributed by atoms with Crippen LogP contribution >= 0.6 is 34.0 Å². The van der Waals surface area contributed by atoms with Gasteiger partial charge in [0.15, 0.2) is 17.5 Å². The first kappa shape index (κ1) is 54.7. The standard InChI is InChI=1S/C22H18N6OS.C20H19N7S.C19H18N6OS/c1-28-17(22-27-16-19(23)24-12-25-21(16)30-22)15(13-8-4-2-5-9-13)26-20(28)18(29)14-10-6-3-7-11-14;1-27-16(20-26-15-17(21)23-11-24-19(15)28-20)14(12-5-3-2-4-6-12)25-18(27)13-7-9-22-10-8-13;1-25-14(19-24-13-16(20)21-9-22-18(13)27-19)12(10-5-3-2-4-6-10)23-17(25)15(26)11-7-8-11/h2-12,18,29H,1H3,(H2,23,24,25);2-7,11,22H,8-10H2,1H3,(H2,21,23,24);2-6,9,11,15,26H,7-8H2,1H3,(H2,20,21,22). The number of imidazole rings is 3. The number of anilines is 3. The molecule has 13 aromatic rings. The predicted molar refractivity (Wildman–Crippen MR) is 335 cm³/mol. The van der Waals surface area contributed by atoms with Crippen molar-refractivity contribution in [2.75, 3.05) is 30.3 Å². The van der Waals surface area contributed by atoms with Crippen molar-refractivity contribution in [3.8, 4) is 65.9 Å². The van der Waals surface area contributed by atoms with E-state index in [9.17, 15) is 10.2 Å². The first-order valence-corrected chi connectivity index (χ1v) is 29.7. The molecule has 9 N–H and O–H groups in total. The second kappa shape index (κ2) is 23.2. The van der Waals surface area contributed by atoms with E-state index in [1.54, 1.807) is 0 Å². The maximum atomic E-state index is 11.0. The SMILES string of the molecule is Cn1c(C(O)C2CC2)nc(-c2ccccc2)c1-c1nc2c(N)ncnc2s1.Cn1c(C(O)c2ccccc2)nc(-c2ccccc2)c1-c1nc2c(N)ncnc2s1.Cn1c(C2=CCNCC2)nc(-c2ccccc2)c1-c1nc2c(N)ncnc2s1. The smallest absolute Gasteiger partial charge is 0.154 e. The molecule has 2 unspecified atom stereocenters. The highest BCUT2D eigenvalue weighted by Gasteiger charge is 2.36. The van der Waals surface area contributed by atoms with Crippen molar-refractivity contribution in [3.05, 3.63) is 169 Å². The zero-order valence-corrected chi connectivity index (χ0v) is 48.6. The Hall–Kier alpha value is -9.56. The molecule has 2 aliphatic rings. The van der Waals surface area contributed by atoms with Crippen LogP contribution in [0.2, 0.25) is 0 Å². The number of benzene rings is 4. The molecule has 9 aromatic heterocycles. The lowest BCUT2D eigenvalue weighted by Gasteiger charge is -2.13. The quantitative estimate of drug-likeness (QED) is 0.0701. The molecule has 24 heteroatoms. The molecule has 424 valence electrons. The molecule has 1 saturated carbocycles. The minimum absolute atomic E-state index is 0.291. The minimum Gasteiger partial charge on any atom is -0.385 e. The zero-order valence-electron chi connectivity index (χ0n) is 46.2. The Balaban J connectivity index is 0.000000119. The molecule has 0 amide bonds. The molecule has 15 rings (SSSR count). The van der Waals surface area contributed by atoms with Crippen LogP contribution < -0.4 is 22.5 Å². The normalized spacial score (nSPS) is 14.0. The van der Waals surface area contributed by atoms with Crippen molar-refractivity contribution in [1.29, 1.82) is 0 Å². The van der Waals surface area contributed by atoms with Crippen molar-refractivity contribution in [2.24, 2.45) is 27.1 Å². The van der Waals surface area contributed by atoms with E-state index in [0.717, 1.165) is 119 Å². The van der Waals surface area contributed by atoms with Gasteiger partial charge in [0.2, 0.25) is 0 Å². The molecule has 1 aliphatic heterocycles. The molecule has 21 nitrogen and oxygen atoms in total. The summed E-state index contributed by atoms with van der Waals surface area (Å²) in [5.74, 6) is 3.59. The molecule has 0 saturated heterocycles. The van der Waals surface area contributed by atoms with Gasteiger partial charge in [-0.1, -0.05) is 161 Å². The lowest BCUT2D eigenvalue weighted by atomic mass is 10.1. The number of thiazole rings is 3. The molecule has 0 radical (unpaired) electrons. The number of aromatic nitrogens is 15. The van der Waals surface area contributed by atoms with Gasteiger partial charge in [-0.3, -0.25) is 0 Å². The summed E-state index contributed by atoms with van der Waals surface area (Å²) in [5.41, 5.74) is 29.9. The van der Waals surface area contributed by atoms with Gasteiger partial charge in [-0.15, -0.1) is 0 Å². The summed E-state index contributed by atoms with van der Waals surface area (Å²) in [6, 6.07) is 39.5. The number of nitrogen functional groups attached to an aromatic ring is 3. The number of nitrogens with two attached hydrogens (primary N) is 3. The van der Waals surface area contributed by atoms with Gasteiger partial charge in [0, 0.05) is 44.4 Å². The Labute approximate surface area is 498 Å². The summed E-state index contributed by atoms with van der Waals surface area (Å²) >= 11 is 4.39. The molecule has 2 atom stereocenters. The van der Waals surface area contributed by atoms with Crippen molar-refractivity contribution >= 4 is 88.1 Å². The van der Waals surface area contributed by atoms with Crippen LogP contribution in [0.4, 0.5) is 17.5 Å². The number of nitrogens with one attached hydrogen (secondary N) is 1. The van der Waals surface area contributed by atoms with E-state index in [2.05, 4.69) is 63.0 Å². The fourth-order valence-corrected chi connectivity index (χ4v) is 13.3. The third kappa shape index (κ3) is 10.7. The highest BCUT2D eigenvalue weighted by atomic mass is 32.1. The lowest BCUT2D eigenvalue weighted by molar-refractivity contribution is 0.141. The Bertz CT molecular complexity index is 4570. The second-order valence-electron chi connectivity index (χ2n) is 20.3. The molecule has 85 heavy (non-hydrogen) atoms. The van der Waals surface area contributed by atoms with E-state index in [4.69, 9.17) is 42.1 Å².